The number of para-hydroxylation sites is 1. The second-order valence-corrected chi connectivity index (χ2v) is 4.18. The van der Waals surface area contributed by atoms with Crippen LogP contribution < -0.4 is 5.56 Å². The highest BCUT2D eigenvalue weighted by atomic mass is 16.3. The maximum Gasteiger partial charge on any atom is 0.263 e. The van der Waals surface area contributed by atoms with Crippen molar-refractivity contribution in [1.82, 2.24) is 4.57 Å². The van der Waals surface area contributed by atoms with Gasteiger partial charge in [0.1, 0.15) is 11.3 Å². The van der Waals surface area contributed by atoms with E-state index in [2.05, 4.69) is 4.99 Å². The molecule has 0 unspecified atom stereocenters. The van der Waals surface area contributed by atoms with Crippen molar-refractivity contribution in [3.8, 4) is 5.75 Å². The molecule has 0 aliphatic carbocycles. The Bertz CT molecular complexity index is 657. The van der Waals surface area contributed by atoms with Crippen molar-refractivity contribution in [3.63, 3.8) is 0 Å². The fraction of sp³-hybridized carbons (Fsp3) is 0.286. The van der Waals surface area contributed by atoms with E-state index in [0.717, 1.165) is 6.42 Å². The van der Waals surface area contributed by atoms with Gasteiger partial charge in [0.2, 0.25) is 0 Å². The molecule has 0 amide bonds. The van der Waals surface area contributed by atoms with Gasteiger partial charge in [-0.05, 0) is 18.6 Å². The second kappa shape index (κ2) is 5.04. The number of benzene rings is 1. The third-order valence-corrected chi connectivity index (χ3v) is 2.88. The monoisotopic (exact) mass is 244 g/mol. The highest BCUT2D eigenvalue weighted by Gasteiger charge is 2.12. The zero-order valence-corrected chi connectivity index (χ0v) is 10.6. The molecule has 1 N–H and O–H groups in total. The molecule has 0 fully saturated rings. The molecule has 0 aliphatic heterocycles. The van der Waals surface area contributed by atoms with Crippen LogP contribution in [0, 0.1) is 0 Å². The number of fused-ring (bicyclic) bond motifs is 1. The molecule has 0 aliphatic rings. The molecule has 4 nitrogen and oxygen atoms in total. The molecule has 94 valence electrons. The maximum atomic E-state index is 12.1. The van der Waals surface area contributed by atoms with Crippen LogP contribution in [-0.2, 0) is 7.05 Å². The zero-order valence-electron chi connectivity index (χ0n) is 10.6. The summed E-state index contributed by atoms with van der Waals surface area (Å²) in [6.07, 6.45) is 2.37. The lowest BCUT2D eigenvalue weighted by atomic mass is 10.1. The number of aromatic hydroxyl groups is 1. The standard InChI is InChI=1S/C14H16N2O2/c1-3-8-15-9-11-13(17)10-6-4-5-7-12(10)16(2)14(11)18/h4-7,9,17H,3,8H2,1-2H3. The van der Waals surface area contributed by atoms with Crippen LogP contribution in [0.5, 0.6) is 5.75 Å². The summed E-state index contributed by atoms with van der Waals surface area (Å²) in [5.41, 5.74) is 0.739. The molecule has 1 aromatic carbocycles. The van der Waals surface area contributed by atoms with Gasteiger partial charge in [-0.1, -0.05) is 19.1 Å². The Morgan fingerprint density at radius 2 is 2.11 bits per heavy atom. The average Bonchev–Trinajstić information content (AvgIpc) is 2.40. The van der Waals surface area contributed by atoms with Crippen molar-refractivity contribution in [2.75, 3.05) is 6.54 Å². The minimum atomic E-state index is -0.231. The summed E-state index contributed by atoms with van der Waals surface area (Å²) in [4.78, 5) is 16.2. The van der Waals surface area contributed by atoms with Crippen molar-refractivity contribution >= 4 is 17.1 Å². The van der Waals surface area contributed by atoms with Crippen LogP contribution in [0.3, 0.4) is 0 Å². The Balaban J connectivity index is 2.71. The summed E-state index contributed by atoms with van der Waals surface area (Å²) in [6, 6.07) is 7.27. The Morgan fingerprint density at radius 3 is 2.83 bits per heavy atom. The zero-order chi connectivity index (χ0) is 13.1. The Labute approximate surface area is 105 Å². The number of aryl methyl sites for hydroxylation is 1. The van der Waals surface area contributed by atoms with E-state index < -0.39 is 0 Å². The van der Waals surface area contributed by atoms with Gasteiger partial charge in [-0.3, -0.25) is 9.79 Å². The number of aromatic nitrogens is 1. The molecule has 2 rings (SSSR count). The fourth-order valence-electron chi connectivity index (χ4n) is 1.90. The minimum absolute atomic E-state index is 0.00792. The Morgan fingerprint density at radius 1 is 1.39 bits per heavy atom. The predicted molar refractivity (Wildman–Crippen MR) is 73.6 cm³/mol. The third kappa shape index (κ3) is 2.01. The summed E-state index contributed by atoms with van der Waals surface area (Å²) in [5.74, 6) is 0.00792. The van der Waals surface area contributed by atoms with Gasteiger partial charge in [0.25, 0.3) is 5.56 Å². The van der Waals surface area contributed by atoms with Crippen LogP contribution in [0.25, 0.3) is 10.9 Å². The van der Waals surface area contributed by atoms with E-state index in [-0.39, 0.29) is 16.9 Å². The summed E-state index contributed by atoms with van der Waals surface area (Å²) in [5, 5.41) is 10.8. The molecule has 0 saturated heterocycles. The lowest BCUT2D eigenvalue weighted by Gasteiger charge is -2.08. The van der Waals surface area contributed by atoms with E-state index in [1.54, 1.807) is 13.1 Å². The first kappa shape index (κ1) is 12.4. The van der Waals surface area contributed by atoms with E-state index in [1.807, 2.05) is 25.1 Å². The van der Waals surface area contributed by atoms with Gasteiger partial charge in [-0.15, -0.1) is 0 Å². The van der Waals surface area contributed by atoms with Crippen molar-refractivity contribution in [3.05, 3.63) is 40.2 Å². The van der Waals surface area contributed by atoms with Crippen LogP contribution in [-0.4, -0.2) is 22.4 Å². The average molecular weight is 244 g/mol. The third-order valence-electron chi connectivity index (χ3n) is 2.88. The van der Waals surface area contributed by atoms with Crippen molar-refractivity contribution in [2.24, 2.45) is 12.0 Å². The summed E-state index contributed by atoms with van der Waals surface area (Å²) < 4.78 is 1.53. The highest BCUT2D eigenvalue weighted by Crippen LogP contribution is 2.24. The quantitative estimate of drug-likeness (QED) is 0.840. The first-order chi connectivity index (χ1) is 8.66. The molecular weight excluding hydrogens is 228 g/mol. The van der Waals surface area contributed by atoms with Crippen LogP contribution in [0.15, 0.2) is 34.1 Å². The smallest absolute Gasteiger partial charge is 0.263 e. The molecule has 0 spiro atoms. The van der Waals surface area contributed by atoms with Gasteiger partial charge in [0.05, 0.1) is 5.52 Å². The molecule has 0 radical (unpaired) electrons. The number of aliphatic imine (C=N–C) groups is 1. The Hall–Kier alpha value is -2.10. The van der Waals surface area contributed by atoms with E-state index in [9.17, 15) is 9.90 Å². The van der Waals surface area contributed by atoms with Crippen LogP contribution in [0.4, 0.5) is 0 Å². The van der Waals surface area contributed by atoms with Gasteiger partial charge < -0.3 is 9.67 Å². The number of hydrogen-bond acceptors (Lipinski definition) is 3. The van der Waals surface area contributed by atoms with Crippen LogP contribution in [0.2, 0.25) is 0 Å². The molecule has 0 saturated carbocycles. The lowest BCUT2D eigenvalue weighted by Crippen LogP contribution is -2.21. The van der Waals surface area contributed by atoms with Crippen LogP contribution in [0.1, 0.15) is 18.9 Å². The van der Waals surface area contributed by atoms with E-state index in [4.69, 9.17) is 0 Å². The summed E-state index contributed by atoms with van der Waals surface area (Å²) >= 11 is 0. The molecule has 2 aromatic rings. The number of rotatable bonds is 3. The molecular formula is C14H16N2O2. The first-order valence-corrected chi connectivity index (χ1v) is 5.97. The molecule has 18 heavy (non-hydrogen) atoms. The molecule has 0 bridgehead atoms. The van der Waals surface area contributed by atoms with Gasteiger partial charge in [-0.2, -0.15) is 0 Å². The van der Waals surface area contributed by atoms with Crippen LogP contribution >= 0.6 is 0 Å². The van der Waals surface area contributed by atoms with Crippen molar-refractivity contribution in [2.45, 2.75) is 13.3 Å². The number of nitrogens with zero attached hydrogens (tertiary/aromatic N) is 2. The first-order valence-electron chi connectivity index (χ1n) is 5.97. The largest absolute Gasteiger partial charge is 0.506 e. The Kier molecular flexibility index (Phi) is 3.46. The van der Waals surface area contributed by atoms with E-state index in [0.29, 0.717) is 17.4 Å². The fourth-order valence-corrected chi connectivity index (χ4v) is 1.90. The topological polar surface area (TPSA) is 54.6 Å². The van der Waals surface area contributed by atoms with E-state index in [1.165, 1.54) is 10.8 Å². The van der Waals surface area contributed by atoms with E-state index >= 15 is 0 Å². The van der Waals surface area contributed by atoms with Gasteiger partial charge in [0.15, 0.2) is 0 Å². The molecule has 1 aromatic heterocycles. The number of pyridine rings is 1. The summed E-state index contributed by atoms with van der Waals surface area (Å²) in [7, 11) is 1.70. The maximum absolute atomic E-state index is 12.1. The normalized spacial score (nSPS) is 11.4. The second-order valence-electron chi connectivity index (χ2n) is 4.18. The van der Waals surface area contributed by atoms with Gasteiger partial charge in [0, 0.05) is 25.2 Å². The highest BCUT2D eigenvalue weighted by molar-refractivity contribution is 5.94. The van der Waals surface area contributed by atoms with Crippen molar-refractivity contribution in [1.29, 1.82) is 0 Å². The van der Waals surface area contributed by atoms with Gasteiger partial charge >= 0.3 is 0 Å². The van der Waals surface area contributed by atoms with Gasteiger partial charge in [-0.25, -0.2) is 0 Å². The SMILES string of the molecule is CCCN=Cc1c(O)c2ccccc2n(C)c1=O. The molecule has 1 heterocycles. The molecule has 0 atom stereocenters. The predicted octanol–water partition coefficient (Wildman–Crippen LogP) is 2.07. The molecule has 4 heteroatoms. The number of hydrogen-bond donors (Lipinski definition) is 1. The van der Waals surface area contributed by atoms with Crippen molar-refractivity contribution < 1.29 is 5.11 Å². The summed E-state index contributed by atoms with van der Waals surface area (Å²) in [6.45, 7) is 2.66. The minimum Gasteiger partial charge on any atom is -0.506 e. The lowest BCUT2D eigenvalue weighted by molar-refractivity contribution is 0.478.